The number of aromatic nitrogens is 1. The van der Waals surface area contributed by atoms with Crippen LogP contribution >= 0.6 is 34.5 Å². The van der Waals surface area contributed by atoms with Gasteiger partial charge in [0.05, 0.1) is 38.3 Å². The normalized spacial score (nSPS) is 10.9. The lowest BCUT2D eigenvalue weighted by Gasteiger charge is -2.12. The van der Waals surface area contributed by atoms with E-state index < -0.39 is 0 Å². The Hall–Kier alpha value is -2.48. The molecule has 3 rings (SSSR count). The topological polar surface area (TPSA) is 65.0 Å². The van der Waals surface area contributed by atoms with Crippen LogP contribution in [0.1, 0.15) is 5.56 Å². The van der Waals surface area contributed by atoms with Crippen molar-refractivity contribution >= 4 is 45.9 Å². The molecule has 0 aliphatic heterocycles. The Morgan fingerprint density at radius 3 is 2.36 bits per heavy atom. The number of rotatable bonds is 7. The quantitative estimate of drug-likeness (QED) is 0.385. The molecule has 0 unspecified atom stereocenters. The van der Waals surface area contributed by atoms with Gasteiger partial charge in [0.25, 0.3) is 0 Å². The van der Waals surface area contributed by atoms with E-state index in [4.69, 9.17) is 37.4 Å². The van der Waals surface area contributed by atoms with Crippen LogP contribution in [0.5, 0.6) is 17.2 Å². The average Bonchev–Trinajstić information content (AvgIpc) is 3.15. The number of thiazole rings is 1. The lowest BCUT2D eigenvalue weighted by atomic mass is 10.2. The first-order valence-corrected chi connectivity index (χ1v) is 9.69. The second-order valence-electron chi connectivity index (χ2n) is 5.49. The van der Waals surface area contributed by atoms with E-state index in [1.165, 1.54) is 11.3 Å². The number of hydrazone groups is 1. The third kappa shape index (κ3) is 4.49. The van der Waals surface area contributed by atoms with Crippen LogP contribution in [0, 0.1) is 0 Å². The molecule has 0 saturated heterocycles. The standard InChI is InChI=1S/C19H17Cl2N3O3S/c1-25-16-6-11(7-17(26-2)18(16)27-3)9-22-24-19-23-15(10-28-19)13-5-4-12(20)8-14(13)21/h4-10H,1-3H3,(H,23,24)/b22-9+. The minimum Gasteiger partial charge on any atom is -0.493 e. The van der Waals surface area contributed by atoms with E-state index in [-0.39, 0.29) is 0 Å². The second-order valence-corrected chi connectivity index (χ2v) is 7.19. The molecule has 0 amide bonds. The predicted molar refractivity (Wildman–Crippen MR) is 115 cm³/mol. The fraction of sp³-hybridized carbons (Fsp3) is 0.158. The van der Waals surface area contributed by atoms with Gasteiger partial charge in [-0.3, -0.25) is 5.43 Å². The summed E-state index contributed by atoms with van der Waals surface area (Å²) in [6, 6.07) is 8.90. The van der Waals surface area contributed by atoms with E-state index in [0.29, 0.717) is 32.4 Å². The van der Waals surface area contributed by atoms with Crippen molar-refractivity contribution in [2.24, 2.45) is 5.10 Å². The van der Waals surface area contributed by atoms with Gasteiger partial charge in [-0.15, -0.1) is 11.3 Å². The third-order valence-corrected chi connectivity index (χ3v) is 5.07. The maximum atomic E-state index is 6.24. The molecule has 0 radical (unpaired) electrons. The lowest BCUT2D eigenvalue weighted by molar-refractivity contribution is 0.324. The summed E-state index contributed by atoms with van der Waals surface area (Å²) in [5, 5.41) is 7.88. The Bertz CT molecular complexity index is 983. The number of hydrogen-bond acceptors (Lipinski definition) is 7. The molecular formula is C19H17Cl2N3O3S. The Labute approximate surface area is 176 Å². The number of anilines is 1. The molecule has 0 fully saturated rings. The van der Waals surface area contributed by atoms with Gasteiger partial charge in [-0.25, -0.2) is 4.98 Å². The summed E-state index contributed by atoms with van der Waals surface area (Å²) in [7, 11) is 4.69. The second kappa shape index (κ2) is 9.14. The average molecular weight is 438 g/mol. The molecular weight excluding hydrogens is 421 g/mol. The van der Waals surface area contributed by atoms with Gasteiger partial charge in [-0.1, -0.05) is 23.2 Å². The minimum absolute atomic E-state index is 0.527. The first-order valence-electron chi connectivity index (χ1n) is 8.05. The maximum Gasteiger partial charge on any atom is 0.203 e. The fourth-order valence-corrected chi connectivity index (χ4v) is 3.65. The van der Waals surface area contributed by atoms with Crippen molar-refractivity contribution in [1.82, 2.24) is 4.98 Å². The van der Waals surface area contributed by atoms with Crippen LogP contribution in [0.15, 0.2) is 40.8 Å². The van der Waals surface area contributed by atoms with Crippen LogP contribution in [-0.2, 0) is 0 Å². The molecule has 0 bridgehead atoms. The molecule has 3 aromatic rings. The van der Waals surface area contributed by atoms with E-state index in [9.17, 15) is 0 Å². The number of methoxy groups -OCH3 is 3. The summed E-state index contributed by atoms with van der Waals surface area (Å²) < 4.78 is 16.0. The zero-order valence-electron chi connectivity index (χ0n) is 15.3. The van der Waals surface area contributed by atoms with Crippen molar-refractivity contribution in [3.8, 4) is 28.5 Å². The zero-order chi connectivity index (χ0) is 20.1. The van der Waals surface area contributed by atoms with Crippen LogP contribution in [0.3, 0.4) is 0 Å². The van der Waals surface area contributed by atoms with Crippen molar-refractivity contribution < 1.29 is 14.2 Å². The third-order valence-electron chi connectivity index (χ3n) is 3.77. The molecule has 146 valence electrons. The molecule has 2 aromatic carbocycles. The SMILES string of the molecule is COc1cc(/C=N/Nc2nc(-c3ccc(Cl)cc3Cl)cs2)cc(OC)c1OC. The summed E-state index contributed by atoms with van der Waals surface area (Å²) in [6.45, 7) is 0. The molecule has 6 nitrogen and oxygen atoms in total. The summed E-state index contributed by atoms with van der Waals surface area (Å²) in [5.41, 5.74) is 5.25. The summed E-state index contributed by atoms with van der Waals surface area (Å²) in [4.78, 5) is 4.49. The van der Waals surface area contributed by atoms with E-state index >= 15 is 0 Å². The monoisotopic (exact) mass is 437 g/mol. The van der Waals surface area contributed by atoms with Crippen LogP contribution in [-0.4, -0.2) is 32.5 Å². The van der Waals surface area contributed by atoms with Gasteiger partial charge >= 0.3 is 0 Å². The molecule has 0 atom stereocenters. The van der Waals surface area contributed by atoms with Gasteiger partial charge in [0, 0.05) is 21.5 Å². The number of nitrogens with zero attached hydrogens (tertiary/aromatic N) is 2. The molecule has 28 heavy (non-hydrogen) atoms. The first kappa shape index (κ1) is 20.3. The molecule has 1 N–H and O–H groups in total. The van der Waals surface area contributed by atoms with Gasteiger partial charge in [-0.05, 0) is 30.3 Å². The number of hydrogen-bond donors (Lipinski definition) is 1. The number of benzene rings is 2. The van der Waals surface area contributed by atoms with Crippen LogP contribution in [0.25, 0.3) is 11.3 Å². The number of ether oxygens (including phenoxy) is 3. The Kier molecular flexibility index (Phi) is 6.61. The van der Waals surface area contributed by atoms with Gasteiger partial charge in [-0.2, -0.15) is 5.10 Å². The van der Waals surface area contributed by atoms with Crippen LogP contribution < -0.4 is 19.6 Å². The van der Waals surface area contributed by atoms with Gasteiger partial charge < -0.3 is 14.2 Å². The lowest BCUT2D eigenvalue weighted by Crippen LogP contribution is -1.97. The highest BCUT2D eigenvalue weighted by Crippen LogP contribution is 2.38. The van der Waals surface area contributed by atoms with Crippen molar-refractivity contribution in [2.75, 3.05) is 26.8 Å². The van der Waals surface area contributed by atoms with Crippen LogP contribution in [0.2, 0.25) is 10.0 Å². The number of nitrogens with one attached hydrogen (secondary N) is 1. The Balaban J connectivity index is 1.76. The molecule has 0 spiro atoms. The minimum atomic E-state index is 0.527. The summed E-state index contributed by atoms with van der Waals surface area (Å²) in [6.07, 6.45) is 1.64. The van der Waals surface area contributed by atoms with Crippen molar-refractivity contribution in [2.45, 2.75) is 0 Å². The highest BCUT2D eigenvalue weighted by atomic mass is 35.5. The predicted octanol–water partition coefficient (Wildman–Crippen LogP) is 5.59. The molecule has 9 heteroatoms. The van der Waals surface area contributed by atoms with Gasteiger partial charge in [0.1, 0.15) is 0 Å². The van der Waals surface area contributed by atoms with Gasteiger partial charge in [0.15, 0.2) is 11.5 Å². The van der Waals surface area contributed by atoms with E-state index in [0.717, 1.165) is 16.8 Å². The molecule has 0 aliphatic carbocycles. The Morgan fingerprint density at radius 2 is 1.75 bits per heavy atom. The van der Waals surface area contributed by atoms with Crippen molar-refractivity contribution in [3.05, 3.63) is 51.3 Å². The van der Waals surface area contributed by atoms with E-state index in [1.54, 1.807) is 51.8 Å². The Morgan fingerprint density at radius 1 is 1.04 bits per heavy atom. The molecule has 0 aliphatic rings. The van der Waals surface area contributed by atoms with Crippen molar-refractivity contribution in [3.63, 3.8) is 0 Å². The van der Waals surface area contributed by atoms with Gasteiger partial charge in [0.2, 0.25) is 10.9 Å². The maximum absolute atomic E-state index is 6.24. The molecule has 1 aromatic heterocycles. The van der Waals surface area contributed by atoms with Crippen molar-refractivity contribution in [1.29, 1.82) is 0 Å². The molecule has 0 saturated carbocycles. The van der Waals surface area contributed by atoms with E-state index in [1.807, 2.05) is 11.4 Å². The summed E-state index contributed by atoms with van der Waals surface area (Å²) >= 11 is 13.6. The smallest absolute Gasteiger partial charge is 0.203 e. The fourth-order valence-electron chi connectivity index (χ4n) is 2.48. The largest absolute Gasteiger partial charge is 0.493 e. The summed E-state index contributed by atoms with van der Waals surface area (Å²) in [5.74, 6) is 1.63. The van der Waals surface area contributed by atoms with Crippen LogP contribution in [0.4, 0.5) is 5.13 Å². The highest BCUT2D eigenvalue weighted by molar-refractivity contribution is 7.14. The van der Waals surface area contributed by atoms with E-state index in [2.05, 4.69) is 15.5 Å². The highest BCUT2D eigenvalue weighted by Gasteiger charge is 2.12. The number of halogens is 2. The zero-order valence-corrected chi connectivity index (χ0v) is 17.7. The first-order chi connectivity index (χ1) is 13.5. The molecule has 1 heterocycles.